The molecule has 0 bridgehead atoms. The van der Waals surface area contributed by atoms with Gasteiger partial charge in [0.2, 0.25) is 0 Å². The second-order valence-corrected chi connectivity index (χ2v) is 24.6. The highest BCUT2D eigenvalue weighted by molar-refractivity contribution is 9.13. The predicted molar refractivity (Wildman–Crippen MR) is 287 cm³/mol. The smallest absolute Gasteiger partial charge is 0.390 e. The molecule has 0 radical (unpaired) electrons. The van der Waals surface area contributed by atoms with Crippen LogP contribution in [-0.2, 0) is 23.7 Å². The van der Waals surface area contributed by atoms with Crippen molar-refractivity contribution in [2.75, 3.05) is 46.2 Å². The Bertz CT molecular complexity index is 1980. The summed E-state index contributed by atoms with van der Waals surface area (Å²) in [7, 11) is -3.67. The van der Waals surface area contributed by atoms with Crippen LogP contribution in [0, 0.1) is 55.4 Å². The Hall–Kier alpha value is 0.515. The molecule has 8 heterocycles. The van der Waals surface area contributed by atoms with Crippen LogP contribution in [0.4, 0.5) is 12.9 Å². The number of hydrogen-bond acceptors (Lipinski definition) is 11. The van der Waals surface area contributed by atoms with Crippen molar-refractivity contribution in [3.63, 3.8) is 0 Å². The number of halogens is 8. The van der Waals surface area contributed by atoms with Crippen molar-refractivity contribution in [1.29, 1.82) is 0 Å². The monoisotopic (exact) mass is 1310 g/mol. The third kappa shape index (κ3) is 19.2. The van der Waals surface area contributed by atoms with Crippen LogP contribution in [0.5, 0.6) is 0 Å². The summed E-state index contributed by atoms with van der Waals surface area (Å²) in [6.45, 7) is 30.4. The second kappa shape index (κ2) is 31.1. The Balaban J connectivity index is 0.000000271. The van der Waals surface area contributed by atoms with Crippen LogP contribution in [0.3, 0.4) is 0 Å². The lowest BCUT2D eigenvalue weighted by molar-refractivity contribution is -0.0679. The number of aryl methyl sites for hydroxylation is 8. The topological polar surface area (TPSA) is 89.9 Å². The number of thiophene rings is 4. The number of ether oxygens (including phenoxy) is 5. The van der Waals surface area contributed by atoms with Gasteiger partial charge in [-0.1, -0.05) is 13.0 Å². The van der Waals surface area contributed by atoms with Crippen LogP contribution in [-0.4, -0.2) is 88.6 Å². The lowest BCUT2D eigenvalue weighted by atomic mass is 9.97. The molecule has 0 saturated carbocycles. The molecule has 0 aliphatic carbocycles. The first-order valence-electron chi connectivity index (χ1n) is 21.2. The molecule has 6 atom stereocenters. The van der Waals surface area contributed by atoms with Crippen LogP contribution in [0.1, 0.15) is 108 Å². The standard InChI is InChI=1S/C11H15BrS.2C10H13BrO2S.C6H6Br2S.C4H6O2.C4H10O.BF3/c1-5-9(6-2)10-7(3)13-8(4)11(10)12;1-5-9(10(11)6(2)14-5)7-3-13-4-8(7)12;1-5-8(9(11)6(2)14-5)7-3-4-13-10(7)12;1-3-5(7)6(8)4(2)9-3;1-3-4(6-3)2-5-1;1-3-5-4-2;2-1(3)4/h5H,6H2,1-4H3;7-8,12H,3-4H2,1-2H3;7,10,12H,3-4H2,1-2H3;1-2H3;3-4H,1-2H2;3-4H2,1-2H3;/b9-5+;;;;;;/t;;7-,10+;;;;/m..1..../s1. The number of fused-ring (bicyclic) bond motifs is 1. The van der Waals surface area contributed by atoms with E-state index in [0.29, 0.717) is 32.0 Å². The minimum atomic E-state index is -3.67. The van der Waals surface area contributed by atoms with E-state index in [-0.39, 0.29) is 17.9 Å². The fraction of sp³-hybridized carbons (Fsp3) is 0.600. The summed E-state index contributed by atoms with van der Waals surface area (Å²) in [5, 5.41) is 19.4. The minimum absolute atomic E-state index is 0.148. The quantitative estimate of drug-likeness (QED) is 0.147. The SMILES string of the molecule is C/C=C(\CC)c1c(C)sc(C)c1Br.C1OCC2OC12.CCOCC.Cc1sc(C)c(Br)c1Br.Cc1sc(C)c(C2COCC2O)c1Br.Cc1sc(C)c([C@H]2CCO[C@@H]2O)c1Br.FB(F)F. The highest BCUT2D eigenvalue weighted by Gasteiger charge is 2.44. The molecular formula is C45H63BBr5F3O7S4. The van der Waals surface area contributed by atoms with Crippen molar-refractivity contribution < 1.29 is 46.8 Å². The average molecular weight is 1310 g/mol. The van der Waals surface area contributed by atoms with Crippen LogP contribution in [0.15, 0.2) is 28.4 Å². The van der Waals surface area contributed by atoms with Gasteiger partial charge in [-0.2, -0.15) is 0 Å². The summed E-state index contributed by atoms with van der Waals surface area (Å²) < 4.78 is 60.3. The van der Waals surface area contributed by atoms with Gasteiger partial charge in [-0.05, 0) is 185 Å². The molecule has 7 nitrogen and oxygen atoms in total. The van der Waals surface area contributed by atoms with E-state index in [4.69, 9.17) is 23.7 Å². The van der Waals surface area contributed by atoms with Crippen molar-refractivity contribution in [3.05, 3.63) is 84.1 Å². The molecule has 65 heavy (non-hydrogen) atoms. The summed E-state index contributed by atoms with van der Waals surface area (Å²) >= 11 is 25.0. The zero-order valence-corrected chi connectivity index (χ0v) is 50.3. The molecule has 0 amide bonds. The van der Waals surface area contributed by atoms with E-state index >= 15 is 0 Å². The lowest BCUT2D eigenvalue weighted by Crippen LogP contribution is -2.16. The maximum absolute atomic E-state index is 9.76. The molecule has 4 aliphatic rings. The molecule has 8 rings (SSSR count). The Kier molecular flexibility index (Phi) is 29.5. The first-order valence-corrected chi connectivity index (χ1v) is 28.4. The largest absolute Gasteiger partial charge is 0.762 e. The lowest BCUT2D eigenvalue weighted by Gasteiger charge is -2.13. The van der Waals surface area contributed by atoms with E-state index in [1.165, 1.54) is 74.7 Å². The van der Waals surface area contributed by atoms with Gasteiger partial charge < -0.3 is 33.9 Å². The van der Waals surface area contributed by atoms with Crippen molar-refractivity contribution >= 4 is 138 Å². The van der Waals surface area contributed by atoms with E-state index in [9.17, 15) is 23.2 Å². The van der Waals surface area contributed by atoms with Gasteiger partial charge in [-0.15, -0.1) is 45.3 Å². The molecule has 0 spiro atoms. The summed E-state index contributed by atoms with van der Waals surface area (Å²) in [5.41, 5.74) is 5.32. The molecule has 4 unspecified atom stereocenters. The molecule has 2 N–H and O–H groups in total. The van der Waals surface area contributed by atoms with Crippen molar-refractivity contribution in [1.82, 2.24) is 0 Å². The van der Waals surface area contributed by atoms with Gasteiger partial charge in [0.15, 0.2) is 6.29 Å². The third-order valence-corrected chi connectivity index (χ3v) is 21.3. The normalized spacial score (nSPS) is 21.4. The summed E-state index contributed by atoms with van der Waals surface area (Å²) in [6, 6.07) is 0. The maximum atomic E-state index is 9.76. The number of rotatable bonds is 6. The van der Waals surface area contributed by atoms with Crippen molar-refractivity contribution in [3.8, 4) is 0 Å². The third-order valence-electron chi connectivity index (χ3n) is 10.3. The molecule has 368 valence electrons. The zero-order valence-electron chi connectivity index (χ0n) is 39.1. The molecule has 20 heteroatoms. The Morgan fingerprint density at radius 2 is 1.05 bits per heavy atom. The van der Waals surface area contributed by atoms with Crippen molar-refractivity contribution in [2.24, 2.45) is 0 Å². The molecule has 4 saturated heterocycles. The van der Waals surface area contributed by atoms with Crippen LogP contribution >= 0.6 is 125 Å². The Labute approximate surface area is 443 Å². The fourth-order valence-electron chi connectivity index (χ4n) is 7.03. The van der Waals surface area contributed by atoms with Gasteiger partial charge >= 0.3 is 7.54 Å². The fourth-order valence-corrected chi connectivity index (χ4v) is 15.1. The second-order valence-electron chi connectivity index (χ2n) is 14.9. The molecule has 4 fully saturated rings. The highest BCUT2D eigenvalue weighted by Crippen LogP contribution is 2.43. The predicted octanol–water partition coefficient (Wildman–Crippen LogP) is 16.1. The summed E-state index contributed by atoms with van der Waals surface area (Å²) in [5.74, 6) is 0.295. The minimum Gasteiger partial charge on any atom is -0.390 e. The maximum Gasteiger partial charge on any atom is 0.762 e. The number of epoxide rings is 1. The van der Waals surface area contributed by atoms with E-state index in [1.807, 2.05) is 25.2 Å². The highest BCUT2D eigenvalue weighted by atomic mass is 79.9. The molecule has 4 aromatic heterocycles. The van der Waals surface area contributed by atoms with Crippen LogP contribution in [0.2, 0.25) is 0 Å². The first kappa shape index (κ1) is 61.6. The zero-order chi connectivity index (χ0) is 49.3. The van der Waals surface area contributed by atoms with Gasteiger partial charge in [0.25, 0.3) is 0 Å². The molecule has 4 aliphatic heterocycles. The number of aliphatic hydroxyl groups is 2. The molecular weight excluding hydrogens is 1250 g/mol. The average Bonchev–Trinajstić information content (AvgIpc) is 3.87. The van der Waals surface area contributed by atoms with Gasteiger partial charge in [-0.25, -0.2) is 0 Å². The first-order chi connectivity index (χ1) is 30.6. The summed E-state index contributed by atoms with van der Waals surface area (Å²) in [6.07, 6.45) is 4.23. The van der Waals surface area contributed by atoms with Gasteiger partial charge in [0.1, 0.15) is 12.2 Å². The van der Waals surface area contributed by atoms with Crippen molar-refractivity contribution in [2.45, 2.75) is 132 Å². The van der Waals surface area contributed by atoms with Gasteiger partial charge in [0, 0.05) is 92.0 Å². The van der Waals surface area contributed by atoms with Crippen LogP contribution in [0.25, 0.3) is 5.57 Å². The molecule has 0 aromatic carbocycles. The van der Waals surface area contributed by atoms with E-state index < -0.39 is 13.8 Å². The van der Waals surface area contributed by atoms with E-state index in [1.54, 1.807) is 34.0 Å². The Morgan fingerprint density at radius 3 is 1.29 bits per heavy atom. The van der Waals surface area contributed by atoms with Gasteiger partial charge in [-0.3, -0.25) is 12.9 Å². The van der Waals surface area contributed by atoms with Gasteiger partial charge in [0.05, 0.1) is 39.1 Å². The Morgan fingerprint density at radius 1 is 0.631 bits per heavy atom. The summed E-state index contributed by atoms with van der Waals surface area (Å²) in [4.78, 5) is 10.6. The van der Waals surface area contributed by atoms with E-state index in [0.717, 1.165) is 48.2 Å². The van der Waals surface area contributed by atoms with Crippen LogP contribution < -0.4 is 0 Å². The molecule has 4 aromatic rings. The number of hydrogen-bond donors (Lipinski definition) is 2. The van der Waals surface area contributed by atoms with E-state index in [2.05, 4.69) is 155 Å². The number of aliphatic hydroxyl groups excluding tert-OH is 2. The number of allylic oxidation sites excluding steroid dienone is 2.